The van der Waals surface area contributed by atoms with Crippen LogP contribution in [0.3, 0.4) is 0 Å². The van der Waals surface area contributed by atoms with Gasteiger partial charge in [-0.2, -0.15) is 0 Å². The first-order chi connectivity index (χ1) is 13.8. The molecule has 154 valence electrons. The normalized spacial score (nSPS) is 10.5. The first-order valence-corrected chi connectivity index (χ1v) is 10.0. The molecule has 0 unspecified atom stereocenters. The van der Waals surface area contributed by atoms with Crippen LogP contribution in [0, 0.1) is 0 Å². The molecule has 0 N–H and O–H groups in total. The number of benzene rings is 2. The standard InChI is InChI=1S/C20H18Br2O7/c1-13(23)28-12-29-18(10-26-19(24)14-2-6-16(21)7-3-14)11-27-20(25)15-4-8-17(22)9-5-15/h2-9,18H,10-12H2,1H3. The van der Waals surface area contributed by atoms with E-state index in [1.807, 2.05) is 0 Å². The van der Waals surface area contributed by atoms with Crippen molar-refractivity contribution in [2.75, 3.05) is 20.0 Å². The van der Waals surface area contributed by atoms with Gasteiger partial charge in [0.05, 0.1) is 11.1 Å². The summed E-state index contributed by atoms with van der Waals surface area (Å²) in [5, 5.41) is 0. The summed E-state index contributed by atoms with van der Waals surface area (Å²) in [7, 11) is 0. The Bertz CT molecular complexity index is 773. The lowest BCUT2D eigenvalue weighted by Gasteiger charge is -2.18. The van der Waals surface area contributed by atoms with Crippen LogP contribution < -0.4 is 0 Å². The largest absolute Gasteiger partial charge is 0.459 e. The molecule has 0 saturated carbocycles. The lowest BCUT2D eigenvalue weighted by molar-refractivity contribution is -0.162. The minimum atomic E-state index is -0.812. The lowest BCUT2D eigenvalue weighted by atomic mass is 10.2. The van der Waals surface area contributed by atoms with Gasteiger partial charge >= 0.3 is 17.9 Å². The Morgan fingerprint density at radius 1 is 0.759 bits per heavy atom. The maximum atomic E-state index is 12.1. The topological polar surface area (TPSA) is 88.1 Å². The zero-order valence-electron chi connectivity index (χ0n) is 15.4. The van der Waals surface area contributed by atoms with Crippen molar-refractivity contribution in [3.05, 3.63) is 68.6 Å². The van der Waals surface area contributed by atoms with E-state index in [0.29, 0.717) is 11.1 Å². The molecule has 0 aliphatic rings. The molecule has 0 aromatic heterocycles. The maximum Gasteiger partial charge on any atom is 0.338 e. The van der Waals surface area contributed by atoms with Crippen molar-refractivity contribution < 1.29 is 33.3 Å². The lowest BCUT2D eigenvalue weighted by Crippen LogP contribution is -2.29. The molecule has 0 spiro atoms. The third-order valence-electron chi connectivity index (χ3n) is 3.53. The summed E-state index contributed by atoms with van der Waals surface area (Å²) in [4.78, 5) is 35.2. The van der Waals surface area contributed by atoms with Crippen LogP contribution in [-0.4, -0.2) is 44.0 Å². The van der Waals surface area contributed by atoms with E-state index in [9.17, 15) is 14.4 Å². The molecule has 2 aromatic rings. The van der Waals surface area contributed by atoms with Crippen molar-refractivity contribution in [1.82, 2.24) is 0 Å². The molecule has 0 bridgehead atoms. The molecule has 0 aliphatic heterocycles. The third kappa shape index (κ3) is 8.35. The van der Waals surface area contributed by atoms with E-state index in [1.165, 1.54) is 6.92 Å². The second kappa shape index (κ2) is 11.7. The van der Waals surface area contributed by atoms with Gasteiger partial charge in [-0.15, -0.1) is 0 Å². The second-order valence-corrected chi connectivity index (χ2v) is 7.58. The minimum absolute atomic E-state index is 0.191. The van der Waals surface area contributed by atoms with Crippen molar-refractivity contribution in [1.29, 1.82) is 0 Å². The van der Waals surface area contributed by atoms with Crippen LogP contribution >= 0.6 is 31.9 Å². The van der Waals surface area contributed by atoms with E-state index in [-0.39, 0.29) is 20.0 Å². The van der Waals surface area contributed by atoms with E-state index in [1.54, 1.807) is 48.5 Å². The van der Waals surface area contributed by atoms with E-state index in [4.69, 9.17) is 18.9 Å². The number of hydrogen-bond acceptors (Lipinski definition) is 7. The van der Waals surface area contributed by atoms with E-state index < -0.39 is 24.0 Å². The van der Waals surface area contributed by atoms with Gasteiger partial charge < -0.3 is 18.9 Å². The van der Waals surface area contributed by atoms with Crippen molar-refractivity contribution >= 4 is 49.8 Å². The first-order valence-electron chi connectivity index (χ1n) is 8.45. The Morgan fingerprint density at radius 2 is 1.17 bits per heavy atom. The number of esters is 3. The molecule has 0 fully saturated rings. The third-order valence-corrected chi connectivity index (χ3v) is 4.58. The molecular weight excluding hydrogens is 512 g/mol. The fourth-order valence-corrected chi connectivity index (χ4v) is 2.56. The molecule has 0 aliphatic carbocycles. The summed E-state index contributed by atoms with van der Waals surface area (Å²) < 4.78 is 22.2. The Morgan fingerprint density at radius 3 is 1.55 bits per heavy atom. The highest BCUT2D eigenvalue weighted by molar-refractivity contribution is 9.10. The van der Waals surface area contributed by atoms with Crippen LogP contribution in [0.25, 0.3) is 0 Å². The number of carbonyl (C=O) groups is 3. The monoisotopic (exact) mass is 528 g/mol. The van der Waals surface area contributed by atoms with Gasteiger partial charge in [0, 0.05) is 15.9 Å². The Balaban J connectivity index is 1.91. The van der Waals surface area contributed by atoms with Gasteiger partial charge in [-0.05, 0) is 48.5 Å². The minimum Gasteiger partial charge on any atom is -0.459 e. The molecule has 0 atom stereocenters. The summed E-state index contributed by atoms with van der Waals surface area (Å²) in [6.45, 7) is 0.499. The highest BCUT2D eigenvalue weighted by Crippen LogP contribution is 2.13. The zero-order valence-corrected chi connectivity index (χ0v) is 18.6. The smallest absolute Gasteiger partial charge is 0.338 e. The SMILES string of the molecule is CC(=O)OCOC(COC(=O)c1ccc(Br)cc1)COC(=O)c1ccc(Br)cc1. The van der Waals surface area contributed by atoms with E-state index >= 15 is 0 Å². The molecule has 0 amide bonds. The first kappa shape index (κ1) is 23.1. The van der Waals surface area contributed by atoms with E-state index in [0.717, 1.165) is 8.95 Å². The zero-order chi connectivity index (χ0) is 21.2. The predicted molar refractivity (Wildman–Crippen MR) is 110 cm³/mol. The molecule has 29 heavy (non-hydrogen) atoms. The van der Waals surface area contributed by atoms with Gasteiger partial charge in [-0.1, -0.05) is 31.9 Å². The fourth-order valence-electron chi connectivity index (χ4n) is 2.03. The van der Waals surface area contributed by atoms with Crippen LogP contribution in [0.5, 0.6) is 0 Å². The van der Waals surface area contributed by atoms with Crippen molar-refractivity contribution in [2.45, 2.75) is 13.0 Å². The average Bonchev–Trinajstić information content (AvgIpc) is 2.70. The van der Waals surface area contributed by atoms with Crippen molar-refractivity contribution in [3.63, 3.8) is 0 Å². The molecule has 2 rings (SSSR count). The van der Waals surface area contributed by atoms with Gasteiger partial charge in [0.2, 0.25) is 0 Å². The molecule has 0 radical (unpaired) electrons. The summed E-state index contributed by atoms with van der Waals surface area (Å²) in [6.07, 6.45) is -0.812. The number of hydrogen-bond donors (Lipinski definition) is 0. The van der Waals surface area contributed by atoms with Gasteiger partial charge in [0.25, 0.3) is 0 Å². The second-order valence-electron chi connectivity index (χ2n) is 5.75. The van der Waals surface area contributed by atoms with Gasteiger partial charge in [-0.3, -0.25) is 4.79 Å². The van der Waals surface area contributed by atoms with Gasteiger partial charge in [0.1, 0.15) is 19.3 Å². The highest BCUT2D eigenvalue weighted by Gasteiger charge is 2.18. The van der Waals surface area contributed by atoms with Crippen molar-refractivity contribution in [2.24, 2.45) is 0 Å². The summed E-state index contributed by atoms with van der Waals surface area (Å²) >= 11 is 6.58. The Hall–Kier alpha value is -2.23. The number of ether oxygens (including phenoxy) is 4. The molecule has 0 saturated heterocycles. The van der Waals surface area contributed by atoms with Crippen LogP contribution in [0.4, 0.5) is 0 Å². The van der Waals surface area contributed by atoms with Crippen LogP contribution in [0.1, 0.15) is 27.6 Å². The summed E-state index contributed by atoms with van der Waals surface area (Å²) in [5.74, 6) is -1.64. The quantitative estimate of drug-likeness (QED) is 0.274. The van der Waals surface area contributed by atoms with Crippen molar-refractivity contribution in [3.8, 4) is 0 Å². The molecule has 7 nitrogen and oxygen atoms in total. The van der Waals surface area contributed by atoms with Crippen LogP contribution in [0.2, 0.25) is 0 Å². The fraction of sp³-hybridized carbons (Fsp3) is 0.250. The summed E-state index contributed by atoms with van der Waals surface area (Å²) in [6, 6.07) is 13.3. The molecule has 0 heterocycles. The number of halogens is 2. The number of carbonyl (C=O) groups excluding carboxylic acids is 3. The van der Waals surface area contributed by atoms with Crippen LogP contribution in [-0.2, 0) is 23.7 Å². The summed E-state index contributed by atoms with van der Waals surface area (Å²) in [5.41, 5.74) is 0.720. The van der Waals surface area contributed by atoms with Gasteiger partial charge in [-0.25, -0.2) is 9.59 Å². The Labute approximate surface area is 184 Å². The molecular formula is C20H18Br2O7. The van der Waals surface area contributed by atoms with Gasteiger partial charge in [0.15, 0.2) is 6.79 Å². The average molecular weight is 530 g/mol. The highest BCUT2D eigenvalue weighted by atomic mass is 79.9. The number of rotatable bonds is 9. The Kier molecular flexibility index (Phi) is 9.30. The van der Waals surface area contributed by atoms with Crippen LogP contribution in [0.15, 0.2) is 57.5 Å². The molecule has 9 heteroatoms. The van der Waals surface area contributed by atoms with E-state index in [2.05, 4.69) is 31.9 Å². The maximum absolute atomic E-state index is 12.1. The molecule has 2 aromatic carbocycles. The predicted octanol–water partition coefficient (Wildman–Crippen LogP) is 4.13.